The van der Waals surface area contributed by atoms with Crippen molar-refractivity contribution in [2.24, 2.45) is 11.8 Å². The van der Waals surface area contributed by atoms with Gasteiger partial charge in [0, 0.05) is 0 Å². The topological polar surface area (TPSA) is 20.2 Å². The van der Waals surface area contributed by atoms with Gasteiger partial charge in [-0.1, -0.05) is 25.7 Å². The summed E-state index contributed by atoms with van der Waals surface area (Å²) < 4.78 is 0. The second-order valence-corrected chi connectivity index (χ2v) is 4.29. The van der Waals surface area contributed by atoms with E-state index in [-0.39, 0.29) is 6.10 Å². The van der Waals surface area contributed by atoms with Crippen LogP contribution in [0.25, 0.3) is 0 Å². The molecule has 0 aromatic rings. The largest absolute Gasteiger partial charge is 0.393 e. The van der Waals surface area contributed by atoms with Crippen LogP contribution in [0.4, 0.5) is 0 Å². The van der Waals surface area contributed by atoms with Crippen molar-refractivity contribution >= 4 is 0 Å². The minimum absolute atomic E-state index is 0.0463. The number of hydrogen-bond donors (Lipinski definition) is 1. The van der Waals surface area contributed by atoms with E-state index in [4.69, 9.17) is 0 Å². The number of hydrogen-bond acceptors (Lipinski definition) is 1. The maximum absolute atomic E-state index is 9.76. The standard InChI is InChI=1S/C10H18O/c11-10(7-8-5-6-8)9-3-1-2-4-9/h8-11H,1-7H2. The molecule has 1 unspecified atom stereocenters. The molecule has 0 amide bonds. The van der Waals surface area contributed by atoms with Gasteiger partial charge in [-0.25, -0.2) is 0 Å². The van der Waals surface area contributed by atoms with Gasteiger partial charge in [-0.2, -0.15) is 0 Å². The predicted molar refractivity (Wildman–Crippen MR) is 45.3 cm³/mol. The second-order valence-electron chi connectivity index (χ2n) is 4.29. The molecule has 0 heterocycles. The third-order valence-corrected chi connectivity index (χ3v) is 3.22. The van der Waals surface area contributed by atoms with Gasteiger partial charge >= 0.3 is 0 Å². The van der Waals surface area contributed by atoms with E-state index >= 15 is 0 Å². The second kappa shape index (κ2) is 3.14. The first-order valence-electron chi connectivity index (χ1n) is 5.04. The van der Waals surface area contributed by atoms with E-state index in [1.54, 1.807) is 0 Å². The van der Waals surface area contributed by atoms with E-state index in [2.05, 4.69) is 0 Å². The molecule has 1 heteroatoms. The monoisotopic (exact) mass is 154 g/mol. The smallest absolute Gasteiger partial charge is 0.0571 e. The van der Waals surface area contributed by atoms with Gasteiger partial charge in [0.1, 0.15) is 0 Å². The summed E-state index contributed by atoms with van der Waals surface area (Å²) in [5.74, 6) is 1.56. The van der Waals surface area contributed by atoms with Gasteiger partial charge in [-0.15, -0.1) is 0 Å². The molecule has 0 radical (unpaired) electrons. The van der Waals surface area contributed by atoms with Gasteiger partial charge in [0.15, 0.2) is 0 Å². The third kappa shape index (κ3) is 1.96. The summed E-state index contributed by atoms with van der Waals surface area (Å²) in [5, 5.41) is 9.76. The maximum atomic E-state index is 9.76. The Hall–Kier alpha value is -0.0400. The highest BCUT2D eigenvalue weighted by molar-refractivity contribution is 4.81. The van der Waals surface area contributed by atoms with Crippen LogP contribution in [0.1, 0.15) is 44.9 Å². The molecule has 0 aromatic carbocycles. The molecular weight excluding hydrogens is 136 g/mol. The summed E-state index contributed by atoms with van der Waals surface area (Å²) in [4.78, 5) is 0. The van der Waals surface area contributed by atoms with E-state index in [1.165, 1.54) is 38.5 Å². The molecule has 0 saturated heterocycles. The lowest BCUT2D eigenvalue weighted by molar-refractivity contribution is 0.0962. The molecule has 0 aromatic heterocycles. The zero-order valence-electron chi connectivity index (χ0n) is 7.13. The van der Waals surface area contributed by atoms with E-state index in [9.17, 15) is 5.11 Å². The van der Waals surface area contributed by atoms with Crippen LogP contribution in [-0.2, 0) is 0 Å². The summed E-state index contributed by atoms with van der Waals surface area (Å²) in [6, 6.07) is 0. The Balaban J connectivity index is 1.73. The SMILES string of the molecule is OC(CC1CC1)C1CCCC1. The first kappa shape index (κ1) is 7.60. The Morgan fingerprint density at radius 3 is 2.27 bits per heavy atom. The summed E-state index contributed by atoms with van der Waals surface area (Å²) in [6.45, 7) is 0. The van der Waals surface area contributed by atoms with Crippen molar-refractivity contribution in [3.8, 4) is 0 Å². The van der Waals surface area contributed by atoms with Crippen LogP contribution < -0.4 is 0 Å². The Labute approximate surface area is 68.8 Å². The Morgan fingerprint density at radius 1 is 1.09 bits per heavy atom. The quantitative estimate of drug-likeness (QED) is 0.661. The van der Waals surface area contributed by atoms with Crippen LogP contribution in [0.3, 0.4) is 0 Å². The third-order valence-electron chi connectivity index (χ3n) is 3.22. The van der Waals surface area contributed by atoms with Crippen molar-refractivity contribution in [3.05, 3.63) is 0 Å². The normalized spacial score (nSPS) is 29.2. The molecule has 2 rings (SSSR count). The van der Waals surface area contributed by atoms with Crippen LogP contribution in [0.15, 0.2) is 0 Å². The number of aliphatic hydroxyl groups is 1. The van der Waals surface area contributed by atoms with E-state index in [1.807, 2.05) is 0 Å². The van der Waals surface area contributed by atoms with Crippen molar-refractivity contribution in [2.45, 2.75) is 51.0 Å². The fraction of sp³-hybridized carbons (Fsp3) is 1.00. The van der Waals surface area contributed by atoms with Crippen LogP contribution >= 0.6 is 0 Å². The van der Waals surface area contributed by atoms with Crippen molar-refractivity contribution in [2.75, 3.05) is 0 Å². The molecule has 0 bridgehead atoms. The molecule has 2 fully saturated rings. The van der Waals surface area contributed by atoms with Crippen molar-refractivity contribution in [3.63, 3.8) is 0 Å². The number of aliphatic hydroxyl groups excluding tert-OH is 1. The van der Waals surface area contributed by atoms with Gasteiger partial charge in [0.05, 0.1) is 6.10 Å². The number of rotatable bonds is 3. The van der Waals surface area contributed by atoms with Crippen molar-refractivity contribution in [1.82, 2.24) is 0 Å². The molecular formula is C10H18O. The fourth-order valence-electron chi connectivity index (χ4n) is 2.23. The van der Waals surface area contributed by atoms with Crippen LogP contribution in [0.2, 0.25) is 0 Å². The van der Waals surface area contributed by atoms with Crippen molar-refractivity contribution < 1.29 is 5.11 Å². The highest BCUT2D eigenvalue weighted by Crippen LogP contribution is 2.38. The molecule has 64 valence electrons. The lowest BCUT2D eigenvalue weighted by atomic mass is 9.96. The van der Waals surface area contributed by atoms with Crippen molar-refractivity contribution in [1.29, 1.82) is 0 Å². The minimum Gasteiger partial charge on any atom is -0.393 e. The predicted octanol–water partition coefficient (Wildman–Crippen LogP) is 2.34. The first-order valence-corrected chi connectivity index (χ1v) is 5.04. The summed E-state index contributed by atoms with van der Waals surface area (Å²) >= 11 is 0. The highest BCUT2D eigenvalue weighted by atomic mass is 16.3. The summed E-state index contributed by atoms with van der Waals surface area (Å²) in [6.07, 6.45) is 9.18. The van der Waals surface area contributed by atoms with E-state index in [0.717, 1.165) is 12.3 Å². The Morgan fingerprint density at radius 2 is 1.73 bits per heavy atom. The van der Waals surface area contributed by atoms with Crippen LogP contribution in [0.5, 0.6) is 0 Å². The van der Waals surface area contributed by atoms with Gasteiger partial charge < -0.3 is 5.11 Å². The van der Waals surface area contributed by atoms with Gasteiger partial charge in [-0.3, -0.25) is 0 Å². The lowest BCUT2D eigenvalue weighted by Crippen LogP contribution is -2.17. The highest BCUT2D eigenvalue weighted by Gasteiger charge is 2.29. The van der Waals surface area contributed by atoms with E-state index in [0.29, 0.717) is 5.92 Å². The lowest BCUT2D eigenvalue weighted by Gasteiger charge is -2.16. The molecule has 1 nitrogen and oxygen atoms in total. The fourth-order valence-corrected chi connectivity index (χ4v) is 2.23. The molecule has 2 aliphatic carbocycles. The van der Waals surface area contributed by atoms with Gasteiger partial charge in [0.25, 0.3) is 0 Å². The zero-order chi connectivity index (χ0) is 7.68. The summed E-state index contributed by atoms with van der Waals surface area (Å²) in [5.41, 5.74) is 0. The average molecular weight is 154 g/mol. The minimum atomic E-state index is 0.0463. The average Bonchev–Trinajstić information content (AvgIpc) is 2.67. The van der Waals surface area contributed by atoms with Crippen LogP contribution in [-0.4, -0.2) is 11.2 Å². The van der Waals surface area contributed by atoms with Gasteiger partial charge in [-0.05, 0) is 31.1 Å². The van der Waals surface area contributed by atoms with Crippen LogP contribution in [0, 0.1) is 11.8 Å². The Kier molecular flexibility index (Phi) is 2.17. The molecule has 0 spiro atoms. The molecule has 2 saturated carbocycles. The van der Waals surface area contributed by atoms with E-state index < -0.39 is 0 Å². The molecule has 0 aliphatic heterocycles. The molecule has 1 atom stereocenters. The Bertz CT molecular complexity index is 123. The maximum Gasteiger partial charge on any atom is 0.0571 e. The molecule has 2 aliphatic rings. The molecule has 1 N–H and O–H groups in total. The first-order chi connectivity index (χ1) is 5.36. The summed E-state index contributed by atoms with van der Waals surface area (Å²) in [7, 11) is 0. The zero-order valence-corrected chi connectivity index (χ0v) is 7.13. The molecule has 11 heavy (non-hydrogen) atoms. The van der Waals surface area contributed by atoms with Gasteiger partial charge in [0.2, 0.25) is 0 Å².